The highest BCUT2D eigenvalue weighted by molar-refractivity contribution is 7.25. The van der Waals surface area contributed by atoms with Gasteiger partial charge >= 0.3 is 0 Å². The standard InChI is InChI=1S/C52H30OS/c1-2-12-33-28-48-46(26-32(33)11-1)45-27-34(22-25-47(45)53-48)35-20-23-38-39-24-21-36(30-50(39)54-49(38)29-35)51-41-15-5-7-17-43(41)52(44-18-8-6-16-42(44)51)40-19-9-13-31-10-3-4-14-37(31)40/h1-30H. The molecule has 2 heteroatoms. The highest BCUT2D eigenvalue weighted by Crippen LogP contribution is 2.47. The minimum atomic E-state index is 0.921. The van der Waals surface area contributed by atoms with E-state index in [0.717, 1.165) is 21.9 Å². The van der Waals surface area contributed by atoms with Gasteiger partial charge in [0.15, 0.2) is 0 Å². The minimum Gasteiger partial charge on any atom is -0.456 e. The van der Waals surface area contributed by atoms with E-state index in [2.05, 4.69) is 182 Å². The van der Waals surface area contributed by atoms with Gasteiger partial charge in [-0.25, -0.2) is 0 Å². The molecule has 250 valence electrons. The van der Waals surface area contributed by atoms with Crippen molar-refractivity contribution in [3.05, 3.63) is 182 Å². The van der Waals surface area contributed by atoms with Crippen molar-refractivity contribution in [2.45, 2.75) is 0 Å². The van der Waals surface area contributed by atoms with Gasteiger partial charge < -0.3 is 4.42 Å². The molecule has 0 atom stereocenters. The second-order valence-corrected chi connectivity index (χ2v) is 15.5. The maximum Gasteiger partial charge on any atom is 0.136 e. The first kappa shape index (κ1) is 29.8. The maximum absolute atomic E-state index is 6.31. The summed E-state index contributed by atoms with van der Waals surface area (Å²) in [7, 11) is 0. The van der Waals surface area contributed by atoms with Gasteiger partial charge in [-0.15, -0.1) is 11.3 Å². The molecule has 0 unspecified atom stereocenters. The van der Waals surface area contributed by atoms with E-state index in [-0.39, 0.29) is 0 Å². The van der Waals surface area contributed by atoms with Crippen LogP contribution in [0.25, 0.3) is 119 Å². The third kappa shape index (κ3) is 4.38. The quantitative estimate of drug-likeness (QED) is 0.167. The van der Waals surface area contributed by atoms with E-state index in [1.54, 1.807) is 0 Å². The van der Waals surface area contributed by atoms with Crippen LogP contribution in [0, 0.1) is 0 Å². The van der Waals surface area contributed by atoms with Gasteiger partial charge in [-0.3, -0.25) is 0 Å². The summed E-state index contributed by atoms with van der Waals surface area (Å²) in [5, 5.41) is 15.0. The number of furan rings is 1. The zero-order valence-electron chi connectivity index (χ0n) is 29.1. The SMILES string of the molecule is c1ccc2cc3c(cc2c1)oc1ccc(-c2ccc4c(c2)sc2cc(-c5c6ccccc6c(-c6cccc7ccccc67)c6ccccc56)ccc24)cc13. The molecule has 0 aliphatic rings. The lowest BCUT2D eigenvalue weighted by Gasteiger charge is -2.18. The summed E-state index contributed by atoms with van der Waals surface area (Å²) in [6, 6.07) is 66.9. The second-order valence-electron chi connectivity index (χ2n) is 14.4. The van der Waals surface area contributed by atoms with Crippen LogP contribution < -0.4 is 0 Å². The van der Waals surface area contributed by atoms with Crippen LogP contribution in [0.3, 0.4) is 0 Å². The van der Waals surface area contributed by atoms with Crippen molar-refractivity contribution < 1.29 is 4.42 Å². The Labute approximate surface area is 314 Å². The zero-order valence-corrected chi connectivity index (χ0v) is 30.0. The Hall–Kier alpha value is -6.74. The molecule has 0 N–H and O–H groups in total. The Kier molecular flexibility index (Phi) is 6.28. The topological polar surface area (TPSA) is 13.1 Å². The zero-order chi connectivity index (χ0) is 35.3. The molecule has 0 spiro atoms. The van der Waals surface area contributed by atoms with Crippen LogP contribution in [0.4, 0.5) is 0 Å². The number of benzene rings is 10. The van der Waals surface area contributed by atoms with Gasteiger partial charge in [-0.2, -0.15) is 0 Å². The van der Waals surface area contributed by atoms with E-state index in [1.165, 1.54) is 96.6 Å². The van der Waals surface area contributed by atoms with Gasteiger partial charge in [0.1, 0.15) is 11.2 Å². The van der Waals surface area contributed by atoms with E-state index in [1.807, 2.05) is 11.3 Å². The minimum absolute atomic E-state index is 0.921. The summed E-state index contributed by atoms with van der Waals surface area (Å²) in [6.07, 6.45) is 0. The fraction of sp³-hybridized carbons (Fsp3) is 0. The van der Waals surface area contributed by atoms with Crippen molar-refractivity contribution in [1.29, 1.82) is 0 Å². The second kappa shape index (κ2) is 11.4. The largest absolute Gasteiger partial charge is 0.456 e. The summed E-state index contributed by atoms with van der Waals surface area (Å²) >= 11 is 1.88. The maximum atomic E-state index is 6.31. The van der Waals surface area contributed by atoms with E-state index in [4.69, 9.17) is 4.42 Å². The van der Waals surface area contributed by atoms with Crippen LogP contribution in [-0.4, -0.2) is 0 Å². The fourth-order valence-corrected chi connectivity index (χ4v) is 10.1. The molecule has 1 nitrogen and oxygen atoms in total. The summed E-state index contributed by atoms with van der Waals surface area (Å²) in [5.41, 5.74) is 9.37. The third-order valence-electron chi connectivity index (χ3n) is 11.4. The normalized spacial score (nSPS) is 12.1. The van der Waals surface area contributed by atoms with E-state index >= 15 is 0 Å². The van der Waals surface area contributed by atoms with Gasteiger partial charge in [-0.05, 0) is 113 Å². The molecule has 2 heterocycles. The molecule has 10 aromatic carbocycles. The first-order valence-corrected chi connectivity index (χ1v) is 19.3. The van der Waals surface area contributed by atoms with Crippen molar-refractivity contribution in [1.82, 2.24) is 0 Å². The highest BCUT2D eigenvalue weighted by Gasteiger charge is 2.19. The first-order valence-electron chi connectivity index (χ1n) is 18.5. The monoisotopic (exact) mass is 702 g/mol. The van der Waals surface area contributed by atoms with Gasteiger partial charge in [-0.1, -0.05) is 146 Å². The van der Waals surface area contributed by atoms with E-state index < -0.39 is 0 Å². The molecule has 12 aromatic rings. The molecule has 0 aliphatic heterocycles. The predicted octanol–water partition coefficient (Wildman–Crippen LogP) is 15.6. The third-order valence-corrected chi connectivity index (χ3v) is 12.5. The summed E-state index contributed by atoms with van der Waals surface area (Å²) in [4.78, 5) is 0. The Morgan fingerprint density at radius 1 is 0.296 bits per heavy atom. The van der Waals surface area contributed by atoms with E-state index in [9.17, 15) is 0 Å². The highest BCUT2D eigenvalue weighted by atomic mass is 32.1. The van der Waals surface area contributed by atoms with Crippen molar-refractivity contribution in [2.24, 2.45) is 0 Å². The molecular weight excluding hydrogens is 673 g/mol. The van der Waals surface area contributed by atoms with Gasteiger partial charge in [0.2, 0.25) is 0 Å². The molecule has 0 amide bonds. The van der Waals surface area contributed by atoms with Crippen LogP contribution in [0.1, 0.15) is 0 Å². The number of fused-ring (bicyclic) bond motifs is 10. The first-order chi connectivity index (χ1) is 26.7. The van der Waals surface area contributed by atoms with Crippen LogP contribution in [-0.2, 0) is 0 Å². The van der Waals surface area contributed by atoms with Crippen molar-refractivity contribution in [3.8, 4) is 33.4 Å². The molecule has 0 saturated heterocycles. The lowest BCUT2D eigenvalue weighted by atomic mass is 9.84. The molecule has 0 fully saturated rings. The summed E-state index contributed by atoms with van der Waals surface area (Å²) in [6.45, 7) is 0. The number of hydrogen-bond acceptors (Lipinski definition) is 2. The van der Waals surface area contributed by atoms with Gasteiger partial charge in [0, 0.05) is 30.9 Å². The average Bonchev–Trinajstić information content (AvgIpc) is 3.78. The Morgan fingerprint density at radius 3 is 1.54 bits per heavy atom. The predicted molar refractivity (Wildman–Crippen MR) is 233 cm³/mol. The van der Waals surface area contributed by atoms with Crippen molar-refractivity contribution in [2.75, 3.05) is 0 Å². The van der Waals surface area contributed by atoms with Crippen molar-refractivity contribution >= 4 is 96.5 Å². The van der Waals surface area contributed by atoms with E-state index in [0.29, 0.717) is 0 Å². The average molecular weight is 703 g/mol. The molecule has 54 heavy (non-hydrogen) atoms. The number of hydrogen-bond donors (Lipinski definition) is 0. The molecule has 0 bridgehead atoms. The van der Waals surface area contributed by atoms with Crippen LogP contribution >= 0.6 is 11.3 Å². The van der Waals surface area contributed by atoms with Crippen molar-refractivity contribution in [3.63, 3.8) is 0 Å². The van der Waals surface area contributed by atoms with Crippen LogP contribution in [0.5, 0.6) is 0 Å². The molecule has 12 rings (SSSR count). The Bertz CT molecular complexity index is 3450. The lowest BCUT2D eigenvalue weighted by Crippen LogP contribution is -1.91. The van der Waals surface area contributed by atoms with Crippen LogP contribution in [0.15, 0.2) is 186 Å². The summed E-state index contributed by atoms with van der Waals surface area (Å²) < 4.78 is 8.91. The smallest absolute Gasteiger partial charge is 0.136 e. The fourth-order valence-electron chi connectivity index (χ4n) is 8.93. The molecule has 0 radical (unpaired) electrons. The van der Waals surface area contributed by atoms with Crippen LogP contribution in [0.2, 0.25) is 0 Å². The molecule has 2 aromatic heterocycles. The summed E-state index contributed by atoms with van der Waals surface area (Å²) in [5.74, 6) is 0. The molecule has 0 saturated carbocycles. The number of thiophene rings is 1. The van der Waals surface area contributed by atoms with Gasteiger partial charge in [0.25, 0.3) is 0 Å². The molecule has 0 aliphatic carbocycles. The number of rotatable bonds is 3. The molecular formula is C52H30OS. The Balaban J connectivity index is 1.02. The van der Waals surface area contributed by atoms with Gasteiger partial charge in [0.05, 0.1) is 0 Å². The Morgan fingerprint density at radius 2 is 0.815 bits per heavy atom. The lowest BCUT2D eigenvalue weighted by molar-refractivity contribution is 0.669.